The first-order valence-electron chi connectivity index (χ1n) is 5.44. The Morgan fingerprint density at radius 2 is 1.94 bits per heavy atom. The molecule has 0 spiro atoms. The number of methoxy groups -OCH3 is 1. The highest BCUT2D eigenvalue weighted by Gasteiger charge is 2.12. The third-order valence-electron chi connectivity index (χ3n) is 2.24. The molecule has 1 aromatic heterocycles. The molecule has 0 atom stereocenters. The summed E-state index contributed by atoms with van der Waals surface area (Å²) in [6, 6.07) is 0.264. The molecule has 1 N–H and O–H groups in total. The summed E-state index contributed by atoms with van der Waals surface area (Å²) in [5.41, 5.74) is 1.95. The minimum absolute atomic E-state index is 0.0529. The second-order valence-corrected chi connectivity index (χ2v) is 3.22. The van der Waals surface area contributed by atoms with Gasteiger partial charge in [0.15, 0.2) is 0 Å². The van der Waals surface area contributed by atoms with E-state index < -0.39 is 0 Å². The van der Waals surface area contributed by atoms with Gasteiger partial charge in [0, 0.05) is 5.56 Å². The molecule has 0 aliphatic rings. The lowest BCUT2D eigenvalue weighted by molar-refractivity contribution is 0.189. The van der Waals surface area contributed by atoms with Crippen LogP contribution in [-0.4, -0.2) is 35.4 Å². The first-order chi connectivity index (χ1) is 7.76. The minimum atomic E-state index is -0.0529. The summed E-state index contributed by atoms with van der Waals surface area (Å²) in [4.78, 5) is 8.43. The standard InChI is InChI=1S/C11H18N2O3/c1-4-8-9(5-2)12-11(16-7-6-14)13-10(8)15-3/h14H,4-7H2,1-3H3. The van der Waals surface area contributed by atoms with Gasteiger partial charge >= 0.3 is 6.01 Å². The average molecular weight is 226 g/mol. The van der Waals surface area contributed by atoms with Crippen molar-refractivity contribution < 1.29 is 14.6 Å². The molecule has 0 unspecified atom stereocenters. The van der Waals surface area contributed by atoms with Gasteiger partial charge in [0.05, 0.1) is 19.4 Å². The topological polar surface area (TPSA) is 64.5 Å². The van der Waals surface area contributed by atoms with Gasteiger partial charge in [0.2, 0.25) is 5.88 Å². The van der Waals surface area contributed by atoms with Crippen LogP contribution in [0.25, 0.3) is 0 Å². The molecule has 0 aromatic carbocycles. The SMILES string of the molecule is CCc1nc(OCCO)nc(OC)c1CC. The Balaban J connectivity index is 3.05. The van der Waals surface area contributed by atoms with Crippen molar-refractivity contribution in [1.82, 2.24) is 9.97 Å². The van der Waals surface area contributed by atoms with Crippen LogP contribution in [0.15, 0.2) is 0 Å². The van der Waals surface area contributed by atoms with Crippen molar-refractivity contribution in [3.05, 3.63) is 11.3 Å². The molecule has 0 bridgehead atoms. The Morgan fingerprint density at radius 1 is 1.19 bits per heavy atom. The van der Waals surface area contributed by atoms with Gasteiger partial charge < -0.3 is 14.6 Å². The Kier molecular flexibility index (Phi) is 4.98. The second kappa shape index (κ2) is 6.27. The van der Waals surface area contributed by atoms with Crippen LogP contribution in [0.4, 0.5) is 0 Å². The molecular formula is C11H18N2O3. The number of nitrogens with zero attached hydrogens (tertiary/aromatic N) is 2. The number of hydrogen-bond donors (Lipinski definition) is 1. The number of hydrogen-bond acceptors (Lipinski definition) is 5. The van der Waals surface area contributed by atoms with Gasteiger partial charge in [-0.3, -0.25) is 0 Å². The molecule has 1 heterocycles. The summed E-state index contributed by atoms with van der Waals surface area (Å²) in [5, 5.41) is 8.67. The molecular weight excluding hydrogens is 208 g/mol. The fourth-order valence-electron chi connectivity index (χ4n) is 1.50. The number of aromatic nitrogens is 2. The van der Waals surface area contributed by atoms with Crippen LogP contribution >= 0.6 is 0 Å². The highest BCUT2D eigenvalue weighted by atomic mass is 16.5. The first kappa shape index (κ1) is 12.7. The molecule has 0 aliphatic heterocycles. The monoisotopic (exact) mass is 226 g/mol. The van der Waals surface area contributed by atoms with Crippen molar-refractivity contribution in [3.8, 4) is 11.9 Å². The van der Waals surface area contributed by atoms with Crippen LogP contribution in [-0.2, 0) is 12.8 Å². The van der Waals surface area contributed by atoms with Gasteiger partial charge in [0.1, 0.15) is 6.61 Å². The smallest absolute Gasteiger partial charge is 0.320 e. The number of aliphatic hydroxyl groups is 1. The van der Waals surface area contributed by atoms with Crippen molar-refractivity contribution >= 4 is 0 Å². The second-order valence-electron chi connectivity index (χ2n) is 3.22. The number of aryl methyl sites for hydroxylation is 1. The fraction of sp³-hybridized carbons (Fsp3) is 0.636. The average Bonchev–Trinajstić information content (AvgIpc) is 2.34. The van der Waals surface area contributed by atoms with Crippen molar-refractivity contribution in [2.45, 2.75) is 26.7 Å². The molecule has 0 saturated carbocycles. The van der Waals surface area contributed by atoms with E-state index in [-0.39, 0.29) is 19.2 Å². The van der Waals surface area contributed by atoms with E-state index in [0.29, 0.717) is 5.88 Å². The molecule has 0 amide bonds. The van der Waals surface area contributed by atoms with Gasteiger partial charge in [-0.05, 0) is 12.8 Å². The van der Waals surface area contributed by atoms with Crippen LogP contribution in [0.3, 0.4) is 0 Å². The Hall–Kier alpha value is -1.36. The Bertz CT molecular complexity index is 317. The lowest BCUT2D eigenvalue weighted by atomic mass is 10.1. The zero-order valence-electron chi connectivity index (χ0n) is 9.99. The quantitative estimate of drug-likeness (QED) is 0.783. The molecule has 0 saturated heterocycles. The Morgan fingerprint density at radius 3 is 2.44 bits per heavy atom. The summed E-state index contributed by atoms with van der Waals surface area (Å²) in [6.45, 7) is 4.20. The van der Waals surface area contributed by atoms with E-state index in [1.807, 2.05) is 13.8 Å². The van der Waals surface area contributed by atoms with Crippen LogP contribution in [0, 0.1) is 0 Å². The van der Waals surface area contributed by atoms with Crippen LogP contribution < -0.4 is 9.47 Å². The highest BCUT2D eigenvalue weighted by Crippen LogP contribution is 2.22. The van der Waals surface area contributed by atoms with E-state index in [0.717, 1.165) is 24.1 Å². The third kappa shape index (κ3) is 2.82. The maximum absolute atomic E-state index is 8.67. The molecule has 0 aliphatic carbocycles. The first-order valence-corrected chi connectivity index (χ1v) is 5.44. The molecule has 16 heavy (non-hydrogen) atoms. The molecule has 90 valence electrons. The van der Waals surface area contributed by atoms with Crippen molar-refractivity contribution in [1.29, 1.82) is 0 Å². The molecule has 1 aromatic rings. The third-order valence-corrected chi connectivity index (χ3v) is 2.24. The number of rotatable bonds is 6. The van der Waals surface area contributed by atoms with E-state index in [2.05, 4.69) is 9.97 Å². The molecule has 0 fully saturated rings. The zero-order chi connectivity index (χ0) is 12.0. The summed E-state index contributed by atoms with van der Waals surface area (Å²) >= 11 is 0. The summed E-state index contributed by atoms with van der Waals surface area (Å²) in [5.74, 6) is 0.558. The predicted molar refractivity (Wildman–Crippen MR) is 59.9 cm³/mol. The van der Waals surface area contributed by atoms with E-state index in [4.69, 9.17) is 14.6 Å². The fourth-order valence-corrected chi connectivity index (χ4v) is 1.50. The van der Waals surface area contributed by atoms with E-state index in [1.165, 1.54) is 0 Å². The molecule has 1 rings (SSSR count). The van der Waals surface area contributed by atoms with Crippen molar-refractivity contribution in [3.63, 3.8) is 0 Å². The number of aliphatic hydroxyl groups excluding tert-OH is 1. The number of ether oxygens (including phenoxy) is 2. The van der Waals surface area contributed by atoms with Crippen molar-refractivity contribution in [2.75, 3.05) is 20.3 Å². The lowest BCUT2D eigenvalue weighted by Crippen LogP contribution is -2.09. The van der Waals surface area contributed by atoms with Crippen LogP contribution in [0.1, 0.15) is 25.1 Å². The van der Waals surface area contributed by atoms with Crippen molar-refractivity contribution in [2.24, 2.45) is 0 Å². The maximum atomic E-state index is 8.67. The van der Waals surface area contributed by atoms with Gasteiger partial charge in [-0.1, -0.05) is 13.8 Å². The summed E-state index contributed by atoms with van der Waals surface area (Å²) in [7, 11) is 1.58. The van der Waals surface area contributed by atoms with Gasteiger partial charge in [-0.15, -0.1) is 0 Å². The van der Waals surface area contributed by atoms with Gasteiger partial charge in [-0.2, -0.15) is 9.97 Å². The zero-order valence-corrected chi connectivity index (χ0v) is 9.99. The normalized spacial score (nSPS) is 10.2. The summed E-state index contributed by atoms with van der Waals surface area (Å²) in [6.07, 6.45) is 1.63. The summed E-state index contributed by atoms with van der Waals surface area (Å²) < 4.78 is 10.4. The molecule has 5 nitrogen and oxygen atoms in total. The van der Waals surface area contributed by atoms with Gasteiger partial charge in [-0.25, -0.2) is 0 Å². The lowest BCUT2D eigenvalue weighted by Gasteiger charge is -2.11. The Labute approximate surface area is 95.4 Å². The van der Waals surface area contributed by atoms with Crippen LogP contribution in [0.5, 0.6) is 11.9 Å². The van der Waals surface area contributed by atoms with E-state index >= 15 is 0 Å². The maximum Gasteiger partial charge on any atom is 0.320 e. The molecule has 0 radical (unpaired) electrons. The predicted octanol–water partition coefficient (Wildman–Crippen LogP) is 0.981. The molecule has 5 heteroatoms. The highest BCUT2D eigenvalue weighted by molar-refractivity contribution is 5.32. The largest absolute Gasteiger partial charge is 0.481 e. The minimum Gasteiger partial charge on any atom is -0.481 e. The van der Waals surface area contributed by atoms with Gasteiger partial charge in [0.25, 0.3) is 0 Å². The van der Waals surface area contributed by atoms with E-state index in [1.54, 1.807) is 7.11 Å². The van der Waals surface area contributed by atoms with E-state index in [9.17, 15) is 0 Å². The van der Waals surface area contributed by atoms with Crippen LogP contribution in [0.2, 0.25) is 0 Å².